The highest BCUT2D eigenvalue weighted by Crippen LogP contribution is 2.43. The van der Waals surface area contributed by atoms with Crippen LogP contribution in [0.3, 0.4) is 0 Å². The third-order valence-electron chi connectivity index (χ3n) is 4.74. The van der Waals surface area contributed by atoms with Gasteiger partial charge in [-0.1, -0.05) is 19.8 Å². The molecule has 3 nitrogen and oxygen atoms in total. The lowest BCUT2D eigenvalue weighted by Gasteiger charge is -2.28. The van der Waals surface area contributed by atoms with Crippen LogP contribution in [0.15, 0.2) is 12.1 Å². The van der Waals surface area contributed by atoms with E-state index in [-0.39, 0.29) is 16.9 Å². The smallest absolute Gasteiger partial charge is 0.201 e. The molecule has 0 spiro atoms. The molecular weight excluding hydrogens is 260 g/mol. The average molecular weight is 279 g/mol. The second kappa shape index (κ2) is 4.72. The molecule has 2 aromatic rings. The zero-order valence-electron chi connectivity index (χ0n) is 11.6. The average Bonchev–Trinajstić information content (AvgIpc) is 3.02. The normalized spacial score (nSPS) is 17.9. The van der Waals surface area contributed by atoms with Crippen LogP contribution in [0.25, 0.3) is 11.0 Å². The summed E-state index contributed by atoms with van der Waals surface area (Å²) in [5.74, 6) is -1.43. The molecule has 0 unspecified atom stereocenters. The van der Waals surface area contributed by atoms with Crippen molar-refractivity contribution in [1.82, 2.24) is 9.55 Å². The highest BCUT2D eigenvalue weighted by atomic mass is 19.2. The number of hydrogen-bond acceptors (Lipinski definition) is 2. The van der Waals surface area contributed by atoms with Gasteiger partial charge in [-0.05, 0) is 36.8 Å². The maximum absolute atomic E-state index is 14.1. The van der Waals surface area contributed by atoms with Crippen LogP contribution < -0.4 is 5.73 Å². The van der Waals surface area contributed by atoms with Crippen molar-refractivity contribution in [2.45, 2.75) is 45.6 Å². The Balaban J connectivity index is 2.11. The largest absolute Gasteiger partial charge is 0.369 e. The maximum atomic E-state index is 14.1. The van der Waals surface area contributed by atoms with Gasteiger partial charge in [-0.15, -0.1) is 0 Å². The van der Waals surface area contributed by atoms with Crippen LogP contribution in [0.2, 0.25) is 0 Å². The van der Waals surface area contributed by atoms with Crippen molar-refractivity contribution in [2.75, 3.05) is 5.73 Å². The van der Waals surface area contributed by atoms with E-state index in [0.717, 1.165) is 25.3 Å². The Hall–Kier alpha value is -1.65. The molecule has 1 fully saturated rings. The van der Waals surface area contributed by atoms with E-state index >= 15 is 0 Å². The minimum Gasteiger partial charge on any atom is -0.369 e. The lowest BCUT2D eigenvalue weighted by Crippen LogP contribution is -2.23. The molecule has 20 heavy (non-hydrogen) atoms. The van der Waals surface area contributed by atoms with Crippen molar-refractivity contribution in [3.63, 3.8) is 0 Å². The number of halogens is 2. The van der Waals surface area contributed by atoms with Crippen LogP contribution in [-0.4, -0.2) is 9.55 Å². The van der Waals surface area contributed by atoms with Gasteiger partial charge in [-0.25, -0.2) is 13.8 Å². The molecule has 1 aromatic carbocycles. The molecule has 1 aliphatic carbocycles. The summed E-state index contributed by atoms with van der Waals surface area (Å²) in [4.78, 5) is 4.16. The summed E-state index contributed by atoms with van der Waals surface area (Å²) in [7, 11) is 0. The van der Waals surface area contributed by atoms with E-state index < -0.39 is 11.6 Å². The van der Waals surface area contributed by atoms with Crippen molar-refractivity contribution >= 4 is 17.0 Å². The molecule has 0 amide bonds. The van der Waals surface area contributed by atoms with Crippen LogP contribution in [0.5, 0.6) is 0 Å². The molecule has 0 saturated heterocycles. The van der Waals surface area contributed by atoms with E-state index in [2.05, 4.69) is 11.9 Å². The summed E-state index contributed by atoms with van der Waals surface area (Å²) >= 11 is 0. The van der Waals surface area contributed by atoms with E-state index in [0.29, 0.717) is 12.1 Å². The molecule has 1 aromatic heterocycles. The minimum atomic E-state index is -0.851. The van der Waals surface area contributed by atoms with Gasteiger partial charge in [-0.3, -0.25) is 0 Å². The third kappa shape index (κ3) is 1.96. The standard InChI is InChI=1S/C15H19F2N3/c1-2-15(7-3-4-8-15)9-20-13-11(19-14(20)18)6-5-10(16)12(13)17/h5-6H,2-4,7-9H2,1H3,(H2,18,19). The quantitative estimate of drug-likeness (QED) is 0.927. The molecule has 108 valence electrons. The molecule has 0 radical (unpaired) electrons. The Bertz CT molecular complexity index is 642. The summed E-state index contributed by atoms with van der Waals surface area (Å²) in [6, 6.07) is 2.58. The first-order valence-electron chi connectivity index (χ1n) is 7.16. The number of nitrogen functional groups attached to an aromatic ring is 1. The fraction of sp³-hybridized carbons (Fsp3) is 0.533. The SMILES string of the molecule is CCC1(Cn2c(N)nc3ccc(F)c(F)c32)CCCC1. The van der Waals surface area contributed by atoms with Gasteiger partial charge in [0.2, 0.25) is 5.95 Å². The number of imidazole rings is 1. The first-order valence-corrected chi connectivity index (χ1v) is 7.16. The van der Waals surface area contributed by atoms with Crippen LogP contribution in [0.4, 0.5) is 14.7 Å². The summed E-state index contributed by atoms with van der Waals surface area (Å²) in [6.07, 6.45) is 5.62. The first kappa shape index (κ1) is 13.3. The number of nitrogens with zero attached hydrogens (tertiary/aromatic N) is 2. The van der Waals surface area contributed by atoms with Crippen LogP contribution in [0.1, 0.15) is 39.0 Å². The van der Waals surface area contributed by atoms with Gasteiger partial charge < -0.3 is 10.3 Å². The summed E-state index contributed by atoms with van der Waals surface area (Å²) in [6.45, 7) is 2.77. The zero-order valence-corrected chi connectivity index (χ0v) is 11.6. The van der Waals surface area contributed by atoms with Gasteiger partial charge >= 0.3 is 0 Å². The topological polar surface area (TPSA) is 43.8 Å². The summed E-state index contributed by atoms with van der Waals surface area (Å²) < 4.78 is 29.2. The fourth-order valence-electron chi connectivity index (χ4n) is 3.42. The predicted molar refractivity (Wildman–Crippen MR) is 75.3 cm³/mol. The molecule has 1 heterocycles. The Morgan fingerprint density at radius 3 is 2.65 bits per heavy atom. The Morgan fingerprint density at radius 2 is 2.00 bits per heavy atom. The van der Waals surface area contributed by atoms with Crippen molar-refractivity contribution in [1.29, 1.82) is 0 Å². The van der Waals surface area contributed by atoms with Gasteiger partial charge in [0.25, 0.3) is 0 Å². The number of nitrogens with two attached hydrogens (primary N) is 1. The van der Waals surface area contributed by atoms with Crippen LogP contribution in [-0.2, 0) is 6.54 Å². The van der Waals surface area contributed by atoms with Gasteiger partial charge in [0.05, 0.1) is 5.52 Å². The van der Waals surface area contributed by atoms with Crippen LogP contribution in [0, 0.1) is 17.0 Å². The van der Waals surface area contributed by atoms with Crippen molar-refractivity contribution in [2.24, 2.45) is 5.41 Å². The molecule has 5 heteroatoms. The van der Waals surface area contributed by atoms with E-state index in [1.165, 1.54) is 18.9 Å². The number of aromatic nitrogens is 2. The molecular formula is C15H19F2N3. The molecule has 0 aliphatic heterocycles. The Labute approximate surface area is 116 Å². The van der Waals surface area contributed by atoms with Crippen molar-refractivity contribution < 1.29 is 8.78 Å². The number of rotatable bonds is 3. The van der Waals surface area contributed by atoms with E-state index in [1.54, 1.807) is 4.57 Å². The molecule has 2 N–H and O–H groups in total. The summed E-state index contributed by atoms with van der Waals surface area (Å²) in [5, 5.41) is 0. The lowest BCUT2D eigenvalue weighted by molar-refractivity contribution is 0.241. The number of anilines is 1. The lowest BCUT2D eigenvalue weighted by atomic mass is 9.83. The minimum absolute atomic E-state index is 0.139. The molecule has 0 bridgehead atoms. The van der Waals surface area contributed by atoms with Crippen molar-refractivity contribution in [3.8, 4) is 0 Å². The molecule has 1 saturated carbocycles. The van der Waals surface area contributed by atoms with E-state index in [9.17, 15) is 8.78 Å². The molecule has 1 aliphatic rings. The fourth-order valence-corrected chi connectivity index (χ4v) is 3.42. The maximum Gasteiger partial charge on any atom is 0.201 e. The van der Waals surface area contributed by atoms with Gasteiger partial charge in [0, 0.05) is 6.54 Å². The molecule has 3 rings (SSSR count). The second-order valence-electron chi connectivity index (χ2n) is 5.85. The predicted octanol–water partition coefficient (Wildman–Crippen LogP) is 3.87. The van der Waals surface area contributed by atoms with Crippen LogP contribution >= 0.6 is 0 Å². The Morgan fingerprint density at radius 1 is 1.30 bits per heavy atom. The monoisotopic (exact) mass is 279 g/mol. The number of fused-ring (bicyclic) bond motifs is 1. The number of hydrogen-bond donors (Lipinski definition) is 1. The van der Waals surface area contributed by atoms with Gasteiger partial charge in [0.1, 0.15) is 5.52 Å². The zero-order chi connectivity index (χ0) is 14.3. The second-order valence-corrected chi connectivity index (χ2v) is 5.85. The highest BCUT2D eigenvalue weighted by Gasteiger charge is 2.33. The van der Waals surface area contributed by atoms with E-state index in [4.69, 9.17) is 5.73 Å². The third-order valence-corrected chi connectivity index (χ3v) is 4.74. The summed E-state index contributed by atoms with van der Waals surface area (Å²) in [5.41, 5.74) is 6.68. The first-order chi connectivity index (χ1) is 9.56. The number of benzene rings is 1. The van der Waals surface area contributed by atoms with Crippen molar-refractivity contribution in [3.05, 3.63) is 23.8 Å². The van der Waals surface area contributed by atoms with Gasteiger partial charge in [-0.2, -0.15) is 0 Å². The van der Waals surface area contributed by atoms with Gasteiger partial charge in [0.15, 0.2) is 11.6 Å². The van der Waals surface area contributed by atoms with E-state index in [1.807, 2.05) is 0 Å². The highest BCUT2D eigenvalue weighted by molar-refractivity contribution is 5.79. The Kier molecular flexibility index (Phi) is 3.15. The molecule has 0 atom stereocenters.